The summed E-state index contributed by atoms with van der Waals surface area (Å²) in [5.41, 5.74) is -2.30. The molecule has 3 aliphatic carbocycles. The number of amides is 5. The summed E-state index contributed by atoms with van der Waals surface area (Å²) in [5.74, 6) is -5.10. The zero-order valence-electron chi connectivity index (χ0n) is 29.9. The van der Waals surface area contributed by atoms with Gasteiger partial charge >= 0.3 is 12.2 Å². The number of fused-ring (bicyclic) bond motifs is 1. The highest BCUT2D eigenvalue weighted by atomic mass is 32.2. The Balaban J connectivity index is 1.21. The molecule has 2 heterocycles. The van der Waals surface area contributed by atoms with Gasteiger partial charge in [-0.3, -0.25) is 24.0 Å². The van der Waals surface area contributed by atoms with Gasteiger partial charge in [0.05, 0.1) is 30.9 Å². The number of nitrogens with zero attached hydrogens (tertiary/aromatic N) is 2. The van der Waals surface area contributed by atoms with Crippen molar-refractivity contribution in [2.24, 2.45) is 17.3 Å². The minimum atomic E-state index is -4.16. The molecule has 18 heteroatoms. The maximum absolute atomic E-state index is 14.4. The lowest BCUT2D eigenvalue weighted by molar-refractivity contribution is -0.143. The molecule has 2 aliphatic heterocycles. The summed E-state index contributed by atoms with van der Waals surface area (Å²) in [5, 5.41) is 4.10. The topological polar surface area (TPSA) is 181 Å². The van der Waals surface area contributed by atoms with Crippen molar-refractivity contribution in [1.82, 2.24) is 25.2 Å². The lowest BCUT2D eigenvalue weighted by Crippen LogP contribution is -2.60. The van der Waals surface area contributed by atoms with Gasteiger partial charge in [-0.2, -0.15) is 0 Å². The normalized spacial score (nSPS) is 26.2. The molecule has 6 rings (SSSR count). The minimum Gasteiger partial charge on any atom is -0.449 e. The van der Waals surface area contributed by atoms with Crippen LogP contribution in [-0.4, -0.2) is 96.7 Å². The summed E-state index contributed by atoms with van der Waals surface area (Å²) in [7, 11) is -4.16. The molecule has 5 amide bonds. The van der Waals surface area contributed by atoms with Crippen LogP contribution in [0.4, 0.5) is 22.8 Å². The molecule has 3 saturated carbocycles. The van der Waals surface area contributed by atoms with Crippen molar-refractivity contribution in [3.63, 3.8) is 0 Å². The number of carbonyl (C=O) groups excluding carboxylic acids is 5. The second-order valence-corrected chi connectivity index (χ2v) is 17.9. The third-order valence-electron chi connectivity index (χ3n) is 10.9. The van der Waals surface area contributed by atoms with E-state index in [0.717, 1.165) is 30.6 Å². The Morgan fingerprint density at radius 2 is 1.74 bits per heavy atom. The van der Waals surface area contributed by atoms with E-state index in [0.29, 0.717) is 24.0 Å². The molecule has 5 atom stereocenters. The number of nitrogens with one attached hydrogen (secondary N) is 3. The molecule has 0 aromatic heterocycles. The molecule has 1 unspecified atom stereocenters. The van der Waals surface area contributed by atoms with Crippen molar-refractivity contribution in [3.8, 4) is 0 Å². The van der Waals surface area contributed by atoms with Crippen LogP contribution < -0.4 is 15.4 Å². The van der Waals surface area contributed by atoms with Crippen LogP contribution in [0.15, 0.2) is 18.2 Å². The number of sulfonamides is 1. The number of ether oxygens (including phenoxy) is 2. The third-order valence-corrected chi connectivity index (χ3v) is 12.7. The van der Waals surface area contributed by atoms with Crippen molar-refractivity contribution in [3.05, 3.63) is 35.1 Å². The van der Waals surface area contributed by atoms with Crippen LogP contribution in [0.25, 0.3) is 0 Å². The Bertz CT molecular complexity index is 1750. The van der Waals surface area contributed by atoms with Crippen LogP contribution in [0.2, 0.25) is 0 Å². The van der Waals surface area contributed by atoms with E-state index in [-0.39, 0.29) is 38.6 Å². The lowest BCUT2D eigenvalue weighted by atomic mass is 9.85. The minimum absolute atomic E-state index is 0.0562. The number of benzene rings is 1. The Kier molecular flexibility index (Phi) is 10.7. The fraction of sp³-hybridized carbons (Fsp3) is 0.686. The van der Waals surface area contributed by atoms with Gasteiger partial charge in [0.1, 0.15) is 29.5 Å². The summed E-state index contributed by atoms with van der Waals surface area (Å²) in [4.78, 5) is 70.2. The molecule has 0 spiro atoms. The summed E-state index contributed by atoms with van der Waals surface area (Å²) in [6.07, 6.45) is -2.28. The van der Waals surface area contributed by atoms with Gasteiger partial charge in [0.25, 0.3) is 5.91 Å². The first kappa shape index (κ1) is 38.6. The highest BCUT2D eigenvalue weighted by molar-refractivity contribution is 7.91. The number of carbonyl (C=O) groups is 5. The van der Waals surface area contributed by atoms with E-state index in [1.807, 2.05) is 4.72 Å². The Morgan fingerprint density at radius 3 is 2.34 bits per heavy atom. The number of alkyl halides is 2. The van der Waals surface area contributed by atoms with Gasteiger partial charge in [-0.05, 0) is 55.1 Å². The van der Waals surface area contributed by atoms with Crippen LogP contribution in [0.1, 0.15) is 83.3 Å². The zero-order chi connectivity index (χ0) is 38.5. The highest BCUT2D eigenvalue weighted by Gasteiger charge is 2.67. The fourth-order valence-electron chi connectivity index (χ4n) is 7.49. The summed E-state index contributed by atoms with van der Waals surface area (Å²) >= 11 is 0. The summed E-state index contributed by atoms with van der Waals surface area (Å²) < 4.78 is 80.6. The van der Waals surface area contributed by atoms with Gasteiger partial charge in [0, 0.05) is 18.5 Å². The van der Waals surface area contributed by atoms with Crippen LogP contribution >= 0.6 is 0 Å². The third kappa shape index (κ3) is 8.36. The predicted molar refractivity (Wildman–Crippen MR) is 181 cm³/mol. The number of rotatable bonds is 11. The molecule has 14 nitrogen and oxygen atoms in total. The molecule has 292 valence electrons. The molecular weight excluding hydrogens is 723 g/mol. The van der Waals surface area contributed by atoms with Crippen molar-refractivity contribution in [2.75, 3.05) is 13.2 Å². The quantitative estimate of drug-likeness (QED) is 0.304. The molecule has 5 aliphatic rings. The smallest absolute Gasteiger partial charge is 0.410 e. The Labute approximate surface area is 305 Å². The Morgan fingerprint density at radius 1 is 1.04 bits per heavy atom. The molecule has 4 fully saturated rings. The summed E-state index contributed by atoms with van der Waals surface area (Å²) in [6, 6.07) is 1.71. The largest absolute Gasteiger partial charge is 0.449 e. The molecule has 1 aromatic rings. The lowest BCUT2D eigenvalue weighted by Gasteiger charge is -2.35. The molecule has 0 bridgehead atoms. The average Bonchev–Trinajstić information content (AvgIpc) is 3.88. The predicted octanol–water partition coefficient (Wildman–Crippen LogP) is 3.33. The maximum Gasteiger partial charge on any atom is 0.410 e. The van der Waals surface area contributed by atoms with Crippen LogP contribution in [0.3, 0.4) is 0 Å². The second-order valence-electron chi connectivity index (χ2n) is 16.0. The van der Waals surface area contributed by atoms with E-state index in [2.05, 4.69) is 10.6 Å². The van der Waals surface area contributed by atoms with E-state index in [9.17, 15) is 45.6 Å². The first-order valence-corrected chi connectivity index (χ1v) is 19.6. The van der Waals surface area contributed by atoms with Crippen molar-refractivity contribution < 1.29 is 55.0 Å². The van der Waals surface area contributed by atoms with Gasteiger partial charge in [-0.15, -0.1) is 0 Å². The first-order valence-electron chi connectivity index (χ1n) is 18.0. The van der Waals surface area contributed by atoms with Crippen LogP contribution in [0, 0.1) is 23.1 Å². The number of halogens is 3. The summed E-state index contributed by atoms with van der Waals surface area (Å²) in [6.45, 7) is 4.83. The monoisotopic (exact) mass is 769 g/mol. The first-order chi connectivity index (χ1) is 24.9. The van der Waals surface area contributed by atoms with Crippen molar-refractivity contribution >= 4 is 39.9 Å². The molecule has 1 aromatic carbocycles. The standard InChI is InChI=1S/C35H46F3N5O9S/c1-34(2,3)27(39-32(47)51-18-19-7-4-5-8-19)30(45)43-16-21(52-33(48)42-15-20-9-6-10-25(36)23(20)17-42)13-26(43)29(44)40-35(14-24(35)28(37)38)31(46)41-53(49,50)22-11-12-22/h6,9-10,19,21-22,24,26-28H,4-5,7-8,11-18H2,1-3H3,(H,39,47)(H,40,44)(H,41,46)/t21-,24+,26?,27-,35+/m1/s1. The maximum atomic E-state index is 14.4. The average molecular weight is 770 g/mol. The molecular formula is C35H46F3N5O9S. The molecule has 3 N–H and O–H groups in total. The molecule has 0 radical (unpaired) electrons. The number of likely N-dealkylation sites (tertiary alicyclic amines) is 1. The van der Waals surface area contributed by atoms with Gasteiger partial charge < -0.3 is 25.0 Å². The fourth-order valence-corrected chi connectivity index (χ4v) is 8.85. The van der Waals surface area contributed by atoms with Gasteiger partial charge in [-0.1, -0.05) is 45.7 Å². The van der Waals surface area contributed by atoms with Crippen molar-refractivity contribution in [2.45, 2.75) is 121 Å². The van der Waals surface area contributed by atoms with E-state index in [1.54, 1.807) is 26.8 Å². The van der Waals surface area contributed by atoms with Crippen LogP contribution in [0.5, 0.6) is 0 Å². The molecule has 1 saturated heterocycles. The zero-order valence-corrected chi connectivity index (χ0v) is 30.7. The molecule has 53 heavy (non-hydrogen) atoms. The number of alkyl carbamates (subject to hydrolysis) is 1. The highest BCUT2D eigenvalue weighted by Crippen LogP contribution is 2.48. The Hall–Kier alpha value is -4.09. The SMILES string of the molecule is CC(C)(C)[C@H](NC(=O)OCC1CCCC1)C(=O)N1C[C@H](OC(=O)N2Cc3cccc(F)c3C2)CC1C(=O)N[C@@]1(C(=O)NS(=O)(=O)C2CC2)C[C@H]1C(F)F. The van der Waals surface area contributed by atoms with Gasteiger partial charge in [0.15, 0.2) is 0 Å². The number of hydrogen-bond donors (Lipinski definition) is 3. The van der Waals surface area contributed by atoms with Crippen LogP contribution in [-0.2, 0) is 47.0 Å². The van der Waals surface area contributed by atoms with E-state index in [4.69, 9.17) is 9.47 Å². The van der Waals surface area contributed by atoms with E-state index < -0.39 is 98.9 Å². The van der Waals surface area contributed by atoms with Gasteiger partial charge in [0.2, 0.25) is 28.3 Å². The van der Waals surface area contributed by atoms with Gasteiger partial charge in [-0.25, -0.2) is 31.2 Å². The van der Waals surface area contributed by atoms with Crippen molar-refractivity contribution in [1.29, 1.82) is 0 Å². The van der Waals surface area contributed by atoms with E-state index in [1.165, 1.54) is 17.0 Å². The number of hydrogen-bond acceptors (Lipinski definition) is 9. The second kappa shape index (κ2) is 14.6. The van der Waals surface area contributed by atoms with E-state index >= 15 is 0 Å².